The van der Waals surface area contributed by atoms with Crippen LogP contribution >= 0.6 is 0 Å². The Hall–Kier alpha value is -2.57. The largest absolute Gasteiger partial charge is 0.490 e. The predicted molar refractivity (Wildman–Crippen MR) is 116 cm³/mol. The van der Waals surface area contributed by atoms with E-state index in [1.165, 1.54) is 0 Å². The molecule has 6 heteroatoms. The third-order valence-corrected chi connectivity index (χ3v) is 5.91. The third-order valence-electron chi connectivity index (χ3n) is 5.91. The predicted octanol–water partition coefficient (Wildman–Crippen LogP) is 4.02. The fourth-order valence-electron chi connectivity index (χ4n) is 4.31. The van der Waals surface area contributed by atoms with Crippen molar-refractivity contribution >= 4 is 11.6 Å². The first kappa shape index (κ1) is 20.7. The first-order chi connectivity index (χ1) is 14.6. The Balaban J connectivity index is 1.68. The zero-order chi connectivity index (χ0) is 21.0. The molecule has 1 amide bonds. The smallest absolute Gasteiger partial charge is 0.258 e. The molecule has 2 aromatic rings. The minimum atomic E-state index is -0.744. The summed E-state index contributed by atoms with van der Waals surface area (Å²) in [4.78, 5) is 15.4. The molecule has 1 fully saturated rings. The normalized spacial score (nSPS) is 23.2. The first-order valence-corrected chi connectivity index (χ1v) is 10.7. The third kappa shape index (κ3) is 4.02. The number of hydrogen-bond donors (Lipinski definition) is 1. The summed E-state index contributed by atoms with van der Waals surface area (Å²) in [5, 5.41) is 3.62. The molecule has 0 aliphatic carbocycles. The monoisotopic (exact) mass is 410 g/mol. The van der Waals surface area contributed by atoms with Crippen LogP contribution in [0, 0.1) is 0 Å². The number of para-hydroxylation sites is 2. The molecule has 30 heavy (non-hydrogen) atoms. The second kappa shape index (κ2) is 9.06. The lowest BCUT2D eigenvalue weighted by Gasteiger charge is -2.47. The van der Waals surface area contributed by atoms with Crippen molar-refractivity contribution in [2.24, 2.45) is 0 Å². The molecule has 0 spiro atoms. The van der Waals surface area contributed by atoms with E-state index in [1.54, 1.807) is 7.11 Å². The first-order valence-electron chi connectivity index (χ1n) is 10.7. The molecule has 2 aliphatic heterocycles. The number of rotatable bonds is 8. The second-order valence-electron chi connectivity index (χ2n) is 7.99. The Morgan fingerprint density at radius 3 is 2.80 bits per heavy atom. The van der Waals surface area contributed by atoms with Gasteiger partial charge < -0.3 is 24.4 Å². The van der Waals surface area contributed by atoms with Crippen LogP contribution in [-0.2, 0) is 15.1 Å². The van der Waals surface area contributed by atoms with Crippen molar-refractivity contribution < 1.29 is 19.0 Å². The number of nitrogens with one attached hydrogen (secondary N) is 1. The van der Waals surface area contributed by atoms with E-state index < -0.39 is 5.66 Å². The van der Waals surface area contributed by atoms with E-state index in [-0.39, 0.29) is 12.0 Å². The summed E-state index contributed by atoms with van der Waals surface area (Å²) in [6.07, 6.45) is 2.98. The molecule has 2 unspecified atom stereocenters. The van der Waals surface area contributed by atoms with Gasteiger partial charge in [-0.25, -0.2) is 0 Å². The van der Waals surface area contributed by atoms with E-state index in [0.29, 0.717) is 25.3 Å². The highest BCUT2D eigenvalue weighted by atomic mass is 16.5. The summed E-state index contributed by atoms with van der Waals surface area (Å²) in [6, 6.07) is 15.6. The Labute approximate surface area is 178 Å². The standard InChI is InChI=1S/C24H30N2O4/c1-24(20-11-4-6-13-22(20)30-17-18-9-7-16-29-18)25-21-12-5-3-10-19(21)23(27)26(24)14-8-15-28-2/h3-6,10-13,18,25H,7-9,14-17H2,1-2H3. The van der Waals surface area contributed by atoms with Crippen molar-refractivity contribution in [2.75, 3.05) is 38.8 Å². The van der Waals surface area contributed by atoms with Crippen LogP contribution in [0.1, 0.15) is 42.1 Å². The fraction of sp³-hybridized carbons (Fsp3) is 0.458. The average molecular weight is 411 g/mol. The highest BCUT2D eigenvalue weighted by Gasteiger charge is 2.43. The molecule has 6 nitrogen and oxygen atoms in total. The molecule has 0 radical (unpaired) electrons. The molecule has 0 aromatic heterocycles. The minimum absolute atomic E-state index is 0.0110. The van der Waals surface area contributed by atoms with E-state index in [1.807, 2.05) is 60.4 Å². The van der Waals surface area contributed by atoms with E-state index in [0.717, 1.165) is 42.9 Å². The molecule has 160 valence electrons. The van der Waals surface area contributed by atoms with Crippen LogP contribution in [0.2, 0.25) is 0 Å². The number of fused-ring (bicyclic) bond motifs is 1. The molecule has 2 aromatic carbocycles. The van der Waals surface area contributed by atoms with Gasteiger partial charge in [0, 0.05) is 38.1 Å². The van der Waals surface area contributed by atoms with Gasteiger partial charge in [0.25, 0.3) is 5.91 Å². The van der Waals surface area contributed by atoms with Gasteiger partial charge in [-0.15, -0.1) is 0 Å². The maximum Gasteiger partial charge on any atom is 0.258 e. The molecule has 0 bridgehead atoms. The maximum absolute atomic E-state index is 13.5. The number of hydrogen-bond acceptors (Lipinski definition) is 5. The van der Waals surface area contributed by atoms with Gasteiger partial charge in [-0.2, -0.15) is 0 Å². The van der Waals surface area contributed by atoms with Crippen LogP contribution in [0.25, 0.3) is 0 Å². The van der Waals surface area contributed by atoms with E-state index in [9.17, 15) is 4.79 Å². The highest BCUT2D eigenvalue weighted by Crippen LogP contribution is 2.41. The van der Waals surface area contributed by atoms with E-state index >= 15 is 0 Å². The van der Waals surface area contributed by atoms with E-state index in [4.69, 9.17) is 14.2 Å². The SMILES string of the molecule is COCCCN1C(=O)c2ccccc2NC1(C)c1ccccc1OCC1CCCO1. The van der Waals surface area contributed by atoms with Gasteiger partial charge in [0.1, 0.15) is 18.0 Å². The van der Waals surface area contributed by atoms with E-state index in [2.05, 4.69) is 5.32 Å². The highest BCUT2D eigenvalue weighted by molar-refractivity contribution is 6.02. The van der Waals surface area contributed by atoms with Crippen molar-refractivity contribution in [3.8, 4) is 5.75 Å². The number of nitrogens with zero attached hydrogens (tertiary/aromatic N) is 1. The molecule has 2 atom stereocenters. The topological polar surface area (TPSA) is 60.0 Å². The van der Waals surface area contributed by atoms with Crippen LogP contribution in [0.4, 0.5) is 5.69 Å². The summed E-state index contributed by atoms with van der Waals surface area (Å²) < 4.78 is 17.2. The van der Waals surface area contributed by atoms with Gasteiger partial charge in [-0.1, -0.05) is 30.3 Å². The molecule has 4 rings (SSSR count). The molecule has 1 saturated heterocycles. The summed E-state index contributed by atoms with van der Waals surface area (Å²) in [5.74, 6) is 0.781. The van der Waals surface area contributed by atoms with Gasteiger partial charge in [-0.3, -0.25) is 4.79 Å². The number of methoxy groups -OCH3 is 1. The van der Waals surface area contributed by atoms with Gasteiger partial charge in [0.2, 0.25) is 0 Å². The van der Waals surface area contributed by atoms with Crippen molar-refractivity contribution in [1.82, 2.24) is 4.90 Å². The van der Waals surface area contributed by atoms with Crippen molar-refractivity contribution in [2.45, 2.75) is 38.0 Å². The number of ether oxygens (including phenoxy) is 3. The summed E-state index contributed by atoms with van der Waals surface area (Å²) >= 11 is 0. The number of amides is 1. The van der Waals surface area contributed by atoms with Crippen LogP contribution in [0.5, 0.6) is 5.75 Å². The number of benzene rings is 2. The molecule has 2 heterocycles. The summed E-state index contributed by atoms with van der Waals surface area (Å²) in [7, 11) is 1.68. The molecule has 1 N–H and O–H groups in total. The summed E-state index contributed by atoms with van der Waals surface area (Å²) in [6.45, 7) is 4.53. The summed E-state index contributed by atoms with van der Waals surface area (Å²) in [5.41, 5.74) is 1.71. The van der Waals surface area contributed by atoms with Gasteiger partial charge in [0.15, 0.2) is 0 Å². The van der Waals surface area contributed by atoms with Crippen LogP contribution < -0.4 is 10.1 Å². The Morgan fingerprint density at radius 1 is 1.20 bits per heavy atom. The van der Waals surface area contributed by atoms with Crippen LogP contribution in [-0.4, -0.2) is 50.4 Å². The Kier molecular flexibility index (Phi) is 6.25. The van der Waals surface area contributed by atoms with Gasteiger partial charge >= 0.3 is 0 Å². The van der Waals surface area contributed by atoms with Crippen molar-refractivity contribution in [1.29, 1.82) is 0 Å². The Morgan fingerprint density at radius 2 is 2.00 bits per heavy atom. The number of anilines is 1. The lowest BCUT2D eigenvalue weighted by molar-refractivity contribution is 0.0478. The second-order valence-corrected chi connectivity index (χ2v) is 7.99. The van der Waals surface area contributed by atoms with Crippen molar-refractivity contribution in [3.63, 3.8) is 0 Å². The number of carbonyl (C=O) groups excluding carboxylic acids is 1. The van der Waals surface area contributed by atoms with Crippen LogP contribution in [0.15, 0.2) is 48.5 Å². The zero-order valence-corrected chi connectivity index (χ0v) is 17.7. The van der Waals surface area contributed by atoms with Gasteiger partial charge in [-0.05, 0) is 44.4 Å². The molecular weight excluding hydrogens is 380 g/mol. The minimum Gasteiger partial charge on any atom is -0.490 e. The van der Waals surface area contributed by atoms with Gasteiger partial charge in [0.05, 0.1) is 11.7 Å². The zero-order valence-electron chi connectivity index (χ0n) is 17.7. The lowest BCUT2D eigenvalue weighted by atomic mass is 9.92. The Bertz CT molecular complexity index is 881. The van der Waals surface area contributed by atoms with Crippen LogP contribution in [0.3, 0.4) is 0 Å². The molecular formula is C24H30N2O4. The molecule has 2 aliphatic rings. The van der Waals surface area contributed by atoms with Crippen molar-refractivity contribution in [3.05, 3.63) is 59.7 Å². The average Bonchev–Trinajstić information content (AvgIpc) is 3.28. The maximum atomic E-state index is 13.5. The lowest BCUT2D eigenvalue weighted by Crippen LogP contribution is -2.56. The number of carbonyl (C=O) groups is 1. The quantitative estimate of drug-likeness (QED) is 0.666. The fourth-order valence-corrected chi connectivity index (χ4v) is 4.31. The molecule has 0 saturated carbocycles.